The number of nitrogens with zero attached hydrogens (tertiary/aromatic N) is 2. The molecule has 196 valence electrons. The molecule has 6 nitrogen and oxygen atoms in total. The summed E-state index contributed by atoms with van der Waals surface area (Å²) in [5, 5.41) is 3.68. The van der Waals surface area contributed by atoms with E-state index >= 15 is 0 Å². The first-order chi connectivity index (χ1) is 18.5. The molecule has 5 rings (SSSR count). The Balaban J connectivity index is 1.26. The van der Waals surface area contributed by atoms with Gasteiger partial charge >= 0.3 is 0 Å². The van der Waals surface area contributed by atoms with Gasteiger partial charge in [0.25, 0.3) is 11.8 Å². The van der Waals surface area contributed by atoms with E-state index in [2.05, 4.69) is 17.1 Å². The first-order valence-electron chi connectivity index (χ1n) is 13.1. The molecule has 0 aliphatic carbocycles. The van der Waals surface area contributed by atoms with E-state index in [-0.39, 0.29) is 17.6 Å². The molecule has 0 aromatic heterocycles. The van der Waals surface area contributed by atoms with E-state index in [9.17, 15) is 9.59 Å². The van der Waals surface area contributed by atoms with Gasteiger partial charge < -0.3 is 10.1 Å². The number of halogens is 1. The van der Waals surface area contributed by atoms with E-state index in [0.29, 0.717) is 35.5 Å². The van der Waals surface area contributed by atoms with Gasteiger partial charge in [0.15, 0.2) is 11.5 Å². The van der Waals surface area contributed by atoms with Crippen molar-refractivity contribution < 1.29 is 14.3 Å². The van der Waals surface area contributed by atoms with E-state index in [4.69, 9.17) is 16.3 Å². The highest BCUT2D eigenvalue weighted by Crippen LogP contribution is 2.36. The van der Waals surface area contributed by atoms with Gasteiger partial charge in [0.2, 0.25) is 0 Å². The Morgan fingerprint density at radius 1 is 1.05 bits per heavy atom. The van der Waals surface area contributed by atoms with Crippen LogP contribution in [0.4, 0.5) is 5.69 Å². The molecular formula is C31H32ClN3O3. The maximum Gasteiger partial charge on any atom is 0.294 e. The lowest BCUT2D eigenvalue weighted by atomic mass is 10.0. The molecule has 38 heavy (non-hydrogen) atoms. The van der Waals surface area contributed by atoms with Crippen LogP contribution in [0.2, 0.25) is 5.02 Å². The summed E-state index contributed by atoms with van der Waals surface area (Å²) < 4.78 is 6.00. The zero-order valence-electron chi connectivity index (χ0n) is 21.5. The maximum absolute atomic E-state index is 13.4. The van der Waals surface area contributed by atoms with Crippen LogP contribution in [0.25, 0.3) is 6.08 Å². The number of piperidine rings is 1. The van der Waals surface area contributed by atoms with E-state index in [1.54, 1.807) is 23.1 Å². The van der Waals surface area contributed by atoms with Crippen LogP contribution < -0.4 is 15.0 Å². The van der Waals surface area contributed by atoms with Gasteiger partial charge in [-0.25, -0.2) is 0 Å². The Bertz CT molecular complexity index is 1320. The van der Waals surface area contributed by atoms with Crippen molar-refractivity contribution in [1.29, 1.82) is 0 Å². The minimum Gasteiger partial charge on any atom is -0.449 e. The van der Waals surface area contributed by atoms with Crippen LogP contribution in [0.3, 0.4) is 0 Å². The average molecular weight is 530 g/mol. The molecule has 0 spiro atoms. The molecule has 0 saturated carbocycles. The summed E-state index contributed by atoms with van der Waals surface area (Å²) in [4.78, 5) is 30.3. The number of hydrogen-bond acceptors (Lipinski definition) is 4. The van der Waals surface area contributed by atoms with E-state index < -0.39 is 0 Å². The number of nitrogens with one attached hydrogen (secondary N) is 1. The smallest absolute Gasteiger partial charge is 0.294 e. The normalized spacial score (nSPS) is 18.7. The molecule has 1 saturated heterocycles. The highest BCUT2D eigenvalue weighted by Gasteiger charge is 2.30. The Morgan fingerprint density at radius 2 is 1.82 bits per heavy atom. The van der Waals surface area contributed by atoms with E-state index in [0.717, 1.165) is 29.9 Å². The number of benzene rings is 3. The second kappa shape index (κ2) is 11.8. The second-order valence-electron chi connectivity index (χ2n) is 9.85. The van der Waals surface area contributed by atoms with Crippen LogP contribution in [0.5, 0.6) is 5.75 Å². The lowest BCUT2D eigenvalue weighted by Crippen LogP contribution is -2.42. The Labute approximate surface area is 228 Å². The van der Waals surface area contributed by atoms with Gasteiger partial charge in [-0.3, -0.25) is 19.4 Å². The molecule has 1 atom stereocenters. The molecule has 2 aliphatic heterocycles. The third kappa shape index (κ3) is 6.09. The largest absolute Gasteiger partial charge is 0.449 e. The molecule has 0 bridgehead atoms. The number of likely N-dealkylation sites (tertiary alicyclic amines) is 1. The molecule has 7 heteroatoms. The highest BCUT2D eigenvalue weighted by molar-refractivity contribution is 6.30. The molecule has 2 amide bonds. The molecule has 3 aromatic carbocycles. The number of amides is 2. The summed E-state index contributed by atoms with van der Waals surface area (Å²) >= 11 is 6.03. The first kappa shape index (κ1) is 26.0. The van der Waals surface area contributed by atoms with Crippen molar-refractivity contribution in [2.24, 2.45) is 0 Å². The predicted octanol–water partition coefficient (Wildman–Crippen LogP) is 5.91. The van der Waals surface area contributed by atoms with Crippen molar-refractivity contribution in [3.05, 3.63) is 100 Å². The molecule has 0 unspecified atom stereocenters. The van der Waals surface area contributed by atoms with Crippen LogP contribution >= 0.6 is 11.6 Å². The number of carbonyl (C=O) groups excluding carboxylic acids is 2. The fourth-order valence-electron chi connectivity index (χ4n) is 4.98. The van der Waals surface area contributed by atoms with Crippen molar-refractivity contribution >= 4 is 35.2 Å². The standard InChI is InChI=1S/C31H32ClN3O3/c1-22-6-4-5-18-34(22)19-17-33-30(36)25-13-9-23(10-14-25)20-29-31(37)35(21-24-11-15-26(32)16-12-24)27-7-2-3-8-28(27)38-29/h2-3,7-16,20,22H,4-6,17-19,21H2,1H3,(H,33,36)/b29-20-/t22-/m0/s1. The van der Waals surface area contributed by atoms with Crippen LogP contribution in [0, 0.1) is 0 Å². The predicted molar refractivity (Wildman–Crippen MR) is 151 cm³/mol. The molecule has 1 N–H and O–H groups in total. The third-order valence-corrected chi connectivity index (χ3v) is 7.43. The summed E-state index contributed by atoms with van der Waals surface area (Å²) in [6.07, 6.45) is 5.45. The summed E-state index contributed by atoms with van der Waals surface area (Å²) in [6.45, 7) is 5.24. The SMILES string of the molecule is C[C@H]1CCCCN1CCNC(=O)c1ccc(/C=C2\Oc3ccccc3N(Cc3ccc(Cl)cc3)C2=O)cc1. The van der Waals surface area contributed by atoms with Gasteiger partial charge in [-0.2, -0.15) is 0 Å². The second-order valence-corrected chi connectivity index (χ2v) is 10.3. The van der Waals surface area contributed by atoms with Crippen molar-refractivity contribution in [3.63, 3.8) is 0 Å². The van der Waals surface area contributed by atoms with Crippen LogP contribution in [0.15, 0.2) is 78.6 Å². The quantitative estimate of drug-likeness (QED) is 0.386. The number of carbonyl (C=O) groups is 2. The van der Waals surface area contributed by atoms with Gasteiger partial charge in [-0.15, -0.1) is 0 Å². The van der Waals surface area contributed by atoms with E-state index in [1.165, 1.54) is 19.3 Å². The van der Waals surface area contributed by atoms with Crippen LogP contribution in [-0.2, 0) is 11.3 Å². The molecular weight excluding hydrogens is 498 g/mol. The van der Waals surface area contributed by atoms with E-state index in [1.807, 2.05) is 60.7 Å². The van der Waals surface area contributed by atoms with Crippen molar-refractivity contribution in [2.45, 2.75) is 38.8 Å². The van der Waals surface area contributed by atoms with Gasteiger partial charge in [-0.05, 0) is 79.9 Å². The number of fused-ring (bicyclic) bond motifs is 1. The minimum atomic E-state index is -0.229. The third-order valence-electron chi connectivity index (χ3n) is 7.18. The molecule has 2 heterocycles. The van der Waals surface area contributed by atoms with Gasteiger partial charge in [-0.1, -0.05) is 54.4 Å². The zero-order chi connectivity index (χ0) is 26.5. The van der Waals surface area contributed by atoms with Gasteiger partial charge in [0.05, 0.1) is 12.2 Å². The summed E-state index contributed by atoms with van der Waals surface area (Å²) in [6, 6.07) is 22.7. The molecule has 2 aliphatic rings. The molecule has 0 radical (unpaired) electrons. The topological polar surface area (TPSA) is 61.9 Å². The fraction of sp³-hybridized carbons (Fsp3) is 0.290. The molecule has 3 aromatic rings. The Hall–Kier alpha value is -3.61. The van der Waals surface area contributed by atoms with Crippen molar-refractivity contribution in [3.8, 4) is 5.75 Å². The van der Waals surface area contributed by atoms with Gasteiger partial charge in [0, 0.05) is 29.7 Å². The monoisotopic (exact) mass is 529 g/mol. The minimum absolute atomic E-state index is 0.0954. The number of ether oxygens (including phenoxy) is 1. The lowest BCUT2D eigenvalue weighted by molar-refractivity contribution is -0.117. The van der Waals surface area contributed by atoms with Crippen LogP contribution in [-0.4, -0.2) is 42.4 Å². The Morgan fingerprint density at radius 3 is 2.58 bits per heavy atom. The fourth-order valence-corrected chi connectivity index (χ4v) is 5.10. The maximum atomic E-state index is 13.4. The zero-order valence-corrected chi connectivity index (χ0v) is 22.3. The highest BCUT2D eigenvalue weighted by atomic mass is 35.5. The summed E-state index contributed by atoms with van der Waals surface area (Å²) in [5.41, 5.74) is 3.04. The molecule has 1 fully saturated rings. The van der Waals surface area contributed by atoms with Crippen molar-refractivity contribution in [2.75, 3.05) is 24.5 Å². The number of anilines is 1. The lowest BCUT2D eigenvalue weighted by Gasteiger charge is -2.33. The van der Waals surface area contributed by atoms with Crippen LogP contribution in [0.1, 0.15) is 47.7 Å². The summed E-state index contributed by atoms with van der Waals surface area (Å²) in [5.74, 6) is 0.520. The van der Waals surface area contributed by atoms with Crippen molar-refractivity contribution in [1.82, 2.24) is 10.2 Å². The summed E-state index contributed by atoms with van der Waals surface area (Å²) in [7, 11) is 0. The first-order valence-corrected chi connectivity index (χ1v) is 13.5. The number of hydrogen-bond donors (Lipinski definition) is 1. The average Bonchev–Trinajstić information content (AvgIpc) is 2.93. The number of rotatable bonds is 7. The van der Waals surface area contributed by atoms with Gasteiger partial charge in [0.1, 0.15) is 0 Å². The Kier molecular flexibility index (Phi) is 8.11. The number of para-hydroxylation sites is 2.